The van der Waals surface area contributed by atoms with Crippen LogP contribution in [0.1, 0.15) is 39.0 Å². The quantitative estimate of drug-likeness (QED) is 0.422. The van der Waals surface area contributed by atoms with Crippen molar-refractivity contribution < 1.29 is 20.4 Å². The first-order valence-electron chi connectivity index (χ1n) is 5.28. The van der Waals surface area contributed by atoms with E-state index in [0.29, 0.717) is 25.7 Å². The average molecular weight is 206 g/mol. The monoisotopic (exact) mass is 206 g/mol. The molecule has 3 atom stereocenters. The standard InChI is InChI=1S/C10H22O4/c1-2-5-8(12)10(14)9(13)6-3-4-7-11/h8-14H,2-7H2,1H3. The normalized spacial score (nSPS) is 17.8. The smallest absolute Gasteiger partial charge is 0.106 e. The van der Waals surface area contributed by atoms with Crippen molar-refractivity contribution in [3.63, 3.8) is 0 Å². The molecule has 0 bridgehead atoms. The molecule has 0 heterocycles. The van der Waals surface area contributed by atoms with Gasteiger partial charge in [-0.1, -0.05) is 13.3 Å². The molecule has 0 rings (SSSR count). The molecular weight excluding hydrogens is 184 g/mol. The third-order valence-electron chi connectivity index (χ3n) is 2.28. The van der Waals surface area contributed by atoms with Gasteiger partial charge in [-0.15, -0.1) is 0 Å². The van der Waals surface area contributed by atoms with E-state index in [9.17, 15) is 15.3 Å². The zero-order chi connectivity index (χ0) is 11.0. The third-order valence-corrected chi connectivity index (χ3v) is 2.28. The van der Waals surface area contributed by atoms with E-state index in [1.54, 1.807) is 0 Å². The molecule has 3 unspecified atom stereocenters. The van der Waals surface area contributed by atoms with Crippen molar-refractivity contribution in [2.24, 2.45) is 0 Å². The molecule has 0 amide bonds. The Morgan fingerprint density at radius 2 is 1.50 bits per heavy atom. The number of aliphatic hydroxyl groups is 4. The lowest BCUT2D eigenvalue weighted by atomic mass is 10.00. The van der Waals surface area contributed by atoms with Gasteiger partial charge in [0.05, 0.1) is 12.2 Å². The van der Waals surface area contributed by atoms with Gasteiger partial charge in [-0.2, -0.15) is 0 Å². The molecule has 0 saturated heterocycles. The van der Waals surface area contributed by atoms with Gasteiger partial charge in [-0.05, 0) is 25.7 Å². The molecule has 14 heavy (non-hydrogen) atoms. The minimum atomic E-state index is -1.06. The Kier molecular flexibility index (Phi) is 8.08. The van der Waals surface area contributed by atoms with E-state index in [0.717, 1.165) is 6.42 Å². The lowest BCUT2D eigenvalue weighted by Crippen LogP contribution is -2.37. The summed E-state index contributed by atoms with van der Waals surface area (Å²) >= 11 is 0. The molecule has 0 aromatic rings. The van der Waals surface area contributed by atoms with Crippen molar-refractivity contribution in [3.8, 4) is 0 Å². The zero-order valence-corrected chi connectivity index (χ0v) is 8.76. The van der Waals surface area contributed by atoms with E-state index in [1.807, 2.05) is 6.92 Å². The highest BCUT2D eigenvalue weighted by Gasteiger charge is 2.23. The summed E-state index contributed by atoms with van der Waals surface area (Å²) in [5.74, 6) is 0. The second kappa shape index (κ2) is 8.17. The van der Waals surface area contributed by atoms with Crippen molar-refractivity contribution in [3.05, 3.63) is 0 Å². The fourth-order valence-corrected chi connectivity index (χ4v) is 1.36. The van der Waals surface area contributed by atoms with Crippen molar-refractivity contribution in [1.82, 2.24) is 0 Å². The highest BCUT2D eigenvalue weighted by molar-refractivity contribution is 4.74. The molecule has 0 fully saturated rings. The summed E-state index contributed by atoms with van der Waals surface area (Å²) in [6.45, 7) is 2.01. The molecule has 0 saturated carbocycles. The van der Waals surface area contributed by atoms with Crippen LogP contribution in [0, 0.1) is 0 Å². The lowest BCUT2D eigenvalue weighted by Gasteiger charge is -2.22. The number of aliphatic hydroxyl groups excluding tert-OH is 4. The second-order valence-corrected chi connectivity index (χ2v) is 3.63. The molecule has 0 aromatic carbocycles. The summed E-state index contributed by atoms with van der Waals surface area (Å²) in [6, 6.07) is 0. The summed E-state index contributed by atoms with van der Waals surface area (Å²) in [5, 5.41) is 36.8. The molecule has 0 radical (unpaired) electrons. The molecule has 4 heteroatoms. The SMILES string of the molecule is CCCC(O)C(O)C(O)CCCCO. The molecule has 0 aliphatic heterocycles. The Hall–Kier alpha value is -0.160. The Morgan fingerprint density at radius 3 is 2.00 bits per heavy atom. The van der Waals surface area contributed by atoms with Gasteiger partial charge in [0.25, 0.3) is 0 Å². The predicted octanol–water partition coefficient (Wildman–Crippen LogP) is 0.0318. The van der Waals surface area contributed by atoms with Crippen LogP contribution in [0.2, 0.25) is 0 Å². The van der Waals surface area contributed by atoms with Crippen LogP contribution in [0.4, 0.5) is 0 Å². The first-order valence-corrected chi connectivity index (χ1v) is 5.28. The Labute approximate surface area is 85.2 Å². The van der Waals surface area contributed by atoms with Crippen LogP contribution in [0.5, 0.6) is 0 Å². The van der Waals surface area contributed by atoms with Crippen molar-refractivity contribution in [2.75, 3.05) is 6.61 Å². The Bertz CT molecular complexity index is 129. The van der Waals surface area contributed by atoms with Gasteiger partial charge in [-0.3, -0.25) is 0 Å². The van der Waals surface area contributed by atoms with E-state index in [4.69, 9.17) is 5.11 Å². The van der Waals surface area contributed by atoms with E-state index in [-0.39, 0.29) is 6.61 Å². The largest absolute Gasteiger partial charge is 0.396 e. The van der Waals surface area contributed by atoms with Crippen LogP contribution in [-0.2, 0) is 0 Å². The highest BCUT2D eigenvalue weighted by Crippen LogP contribution is 2.11. The van der Waals surface area contributed by atoms with Crippen LogP contribution in [-0.4, -0.2) is 45.3 Å². The molecule has 0 aliphatic carbocycles. The van der Waals surface area contributed by atoms with Crippen LogP contribution in [0.15, 0.2) is 0 Å². The number of unbranched alkanes of at least 4 members (excludes halogenated alkanes) is 1. The molecule has 0 aliphatic rings. The summed E-state index contributed by atoms with van der Waals surface area (Å²) < 4.78 is 0. The zero-order valence-electron chi connectivity index (χ0n) is 8.76. The summed E-state index contributed by atoms with van der Waals surface area (Å²) in [5.41, 5.74) is 0. The van der Waals surface area contributed by atoms with Gasteiger partial charge < -0.3 is 20.4 Å². The van der Waals surface area contributed by atoms with Crippen LogP contribution in [0.3, 0.4) is 0 Å². The van der Waals surface area contributed by atoms with Gasteiger partial charge in [0.15, 0.2) is 0 Å². The van der Waals surface area contributed by atoms with Crippen molar-refractivity contribution in [1.29, 1.82) is 0 Å². The summed E-state index contributed by atoms with van der Waals surface area (Å²) in [4.78, 5) is 0. The third kappa shape index (κ3) is 5.54. The van der Waals surface area contributed by atoms with Crippen LogP contribution < -0.4 is 0 Å². The minimum Gasteiger partial charge on any atom is -0.396 e. The lowest BCUT2D eigenvalue weighted by molar-refractivity contribution is -0.0649. The molecule has 4 nitrogen and oxygen atoms in total. The van der Waals surface area contributed by atoms with E-state index < -0.39 is 18.3 Å². The summed E-state index contributed by atoms with van der Waals surface area (Å²) in [6.07, 6.45) is 0.185. The fourth-order valence-electron chi connectivity index (χ4n) is 1.36. The first kappa shape index (κ1) is 13.8. The number of rotatable bonds is 8. The Morgan fingerprint density at radius 1 is 0.929 bits per heavy atom. The van der Waals surface area contributed by atoms with Crippen LogP contribution >= 0.6 is 0 Å². The van der Waals surface area contributed by atoms with Gasteiger partial charge in [0.1, 0.15) is 6.10 Å². The topological polar surface area (TPSA) is 80.9 Å². The minimum absolute atomic E-state index is 0.0975. The first-order chi connectivity index (χ1) is 6.63. The predicted molar refractivity (Wildman–Crippen MR) is 53.9 cm³/mol. The maximum absolute atomic E-state index is 9.45. The molecule has 86 valence electrons. The number of hydrogen-bond acceptors (Lipinski definition) is 4. The second-order valence-electron chi connectivity index (χ2n) is 3.63. The van der Waals surface area contributed by atoms with E-state index in [2.05, 4.69) is 0 Å². The number of hydrogen-bond donors (Lipinski definition) is 4. The molecule has 0 aromatic heterocycles. The van der Waals surface area contributed by atoms with Gasteiger partial charge >= 0.3 is 0 Å². The van der Waals surface area contributed by atoms with Gasteiger partial charge in [0.2, 0.25) is 0 Å². The average Bonchev–Trinajstić information content (AvgIpc) is 2.17. The van der Waals surface area contributed by atoms with E-state index in [1.165, 1.54) is 0 Å². The molecule has 0 spiro atoms. The maximum atomic E-state index is 9.45. The highest BCUT2D eigenvalue weighted by atomic mass is 16.4. The Balaban J connectivity index is 3.68. The van der Waals surface area contributed by atoms with E-state index >= 15 is 0 Å². The maximum Gasteiger partial charge on any atom is 0.106 e. The van der Waals surface area contributed by atoms with Gasteiger partial charge in [-0.25, -0.2) is 0 Å². The summed E-state index contributed by atoms with van der Waals surface area (Å²) in [7, 11) is 0. The van der Waals surface area contributed by atoms with Crippen LogP contribution in [0.25, 0.3) is 0 Å². The van der Waals surface area contributed by atoms with Crippen molar-refractivity contribution in [2.45, 2.75) is 57.3 Å². The molecular formula is C10H22O4. The van der Waals surface area contributed by atoms with Crippen molar-refractivity contribution >= 4 is 0 Å². The fraction of sp³-hybridized carbons (Fsp3) is 1.00. The molecule has 4 N–H and O–H groups in total. The van der Waals surface area contributed by atoms with Gasteiger partial charge in [0, 0.05) is 6.61 Å².